The van der Waals surface area contributed by atoms with E-state index in [2.05, 4.69) is 10.3 Å². The number of nitrogens with zero attached hydrogens (tertiary/aromatic N) is 4. The number of fused-ring (bicyclic) bond motifs is 1. The average Bonchev–Trinajstić information content (AvgIpc) is 2.92. The second kappa shape index (κ2) is 4.61. The van der Waals surface area contributed by atoms with E-state index >= 15 is 0 Å². The minimum atomic E-state index is -0.0144. The van der Waals surface area contributed by atoms with Crippen LogP contribution in [0, 0.1) is 6.92 Å². The van der Waals surface area contributed by atoms with Crippen molar-refractivity contribution in [3.8, 4) is 0 Å². The molecule has 0 bridgehead atoms. The summed E-state index contributed by atoms with van der Waals surface area (Å²) in [6.45, 7) is 3.14. The van der Waals surface area contributed by atoms with Gasteiger partial charge in [-0.1, -0.05) is 16.8 Å². The van der Waals surface area contributed by atoms with Crippen LogP contribution in [0.5, 0.6) is 0 Å². The molecule has 1 amide bonds. The number of rotatable bonds is 1. The van der Waals surface area contributed by atoms with E-state index < -0.39 is 0 Å². The molecule has 2 aromatic heterocycles. The van der Waals surface area contributed by atoms with E-state index in [0.29, 0.717) is 23.0 Å². The summed E-state index contributed by atoms with van der Waals surface area (Å²) in [5.41, 5.74) is 1.99. The molecule has 0 fully saturated rings. The first-order chi connectivity index (χ1) is 9.06. The Bertz CT molecular complexity index is 648. The van der Waals surface area contributed by atoms with Crippen LogP contribution in [0.15, 0.2) is 6.07 Å². The summed E-state index contributed by atoms with van der Waals surface area (Å²) in [6, 6.07) is 1.83. The molecule has 7 heteroatoms. The van der Waals surface area contributed by atoms with Gasteiger partial charge in [-0.2, -0.15) is 0 Å². The Kier molecular flexibility index (Phi) is 3.06. The van der Waals surface area contributed by atoms with Crippen molar-refractivity contribution < 1.29 is 4.79 Å². The lowest BCUT2D eigenvalue weighted by molar-refractivity contribution is 0.0736. The molecular weight excluding hydrogens is 284 g/mol. The fourth-order valence-electron chi connectivity index (χ4n) is 2.30. The molecule has 0 aliphatic carbocycles. The SMILES string of the molecule is Cc1cc(Cl)c(C(=O)N2CCc3c(nnn3C)C2)s1. The molecule has 0 saturated carbocycles. The summed E-state index contributed by atoms with van der Waals surface area (Å²) >= 11 is 7.53. The molecule has 0 saturated heterocycles. The van der Waals surface area contributed by atoms with Gasteiger partial charge in [0.05, 0.1) is 17.3 Å². The molecule has 3 heterocycles. The van der Waals surface area contributed by atoms with Gasteiger partial charge < -0.3 is 4.90 Å². The Labute approximate surface area is 119 Å². The third-order valence-electron chi connectivity index (χ3n) is 3.27. The monoisotopic (exact) mass is 296 g/mol. The van der Waals surface area contributed by atoms with Crippen molar-refractivity contribution in [3.63, 3.8) is 0 Å². The molecule has 1 aliphatic rings. The maximum absolute atomic E-state index is 12.4. The number of halogens is 1. The zero-order valence-electron chi connectivity index (χ0n) is 10.7. The number of hydrogen-bond donors (Lipinski definition) is 0. The van der Waals surface area contributed by atoms with Gasteiger partial charge in [-0.3, -0.25) is 9.48 Å². The van der Waals surface area contributed by atoms with Crippen LogP contribution in [0.3, 0.4) is 0 Å². The first kappa shape index (κ1) is 12.6. The number of amides is 1. The minimum absolute atomic E-state index is 0.0144. The molecule has 0 N–H and O–H groups in total. The first-order valence-corrected chi connectivity index (χ1v) is 7.18. The van der Waals surface area contributed by atoms with Gasteiger partial charge in [-0.05, 0) is 13.0 Å². The zero-order chi connectivity index (χ0) is 13.6. The Hall–Kier alpha value is -1.40. The molecule has 19 heavy (non-hydrogen) atoms. The van der Waals surface area contributed by atoms with E-state index in [0.717, 1.165) is 22.7 Å². The second-order valence-corrected chi connectivity index (χ2v) is 6.28. The highest BCUT2D eigenvalue weighted by molar-refractivity contribution is 7.14. The number of aryl methyl sites for hydroxylation is 2. The van der Waals surface area contributed by atoms with Crippen molar-refractivity contribution in [1.29, 1.82) is 0 Å². The van der Waals surface area contributed by atoms with Crippen LogP contribution in [-0.2, 0) is 20.0 Å². The lowest BCUT2D eigenvalue weighted by Gasteiger charge is -2.25. The summed E-state index contributed by atoms with van der Waals surface area (Å²) in [6.07, 6.45) is 0.784. The van der Waals surface area contributed by atoms with E-state index in [9.17, 15) is 4.79 Å². The third kappa shape index (κ3) is 2.15. The summed E-state index contributed by atoms with van der Waals surface area (Å²) in [5.74, 6) is -0.0144. The summed E-state index contributed by atoms with van der Waals surface area (Å²) in [5, 5.41) is 8.63. The van der Waals surface area contributed by atoms with Gasteiger partial charge in [0, 0.05) is 24.9 Å². The minimum Gasteiger partial charge on any atom is -0.331 e. The molecular formula is C12H13ClN4OS. The number of aromatic nitrogens is 3. The lowest BCUT2D eigenvalue weighted by Crippen LogP contribution is -2.36. The standard InChI is InChI=1S/C12H13ClN4OS/c1-7-5-8(13)11(19-7)12(18)17-4-3-10-9(6-17)14-15-16(10)2/h5H,3-4,6H2,1-2H3. The van der Waals surface area contributed by atoms with E-state index in [1.807, 2.05) is 20.0 Å². The average molecular weight is 297 g/mol. The van der Waals surface area contributed by atoms with Crippen LogP contribution in [0.25, 0.3) is 0 Å². The normalized spacial score (nSPS) is 14.6. The van der Waals surface area contributed by atoms with Gasteiger partial charge in [0.25, 0.3) is 5.91 Å². The van der Waals surface area contributed by atoms with Gasteiger partial charge in [0.1, 0.15) is 10.6 Å². The van der Waals surface area contributed by atoms with Crippen molar-refractivity contribution in [2.24, 2.45) is 7.05 Å². The number of carbonyl (C=O) groups excluding carboxylic acids is 1. The molecule has 0 unspecified atom stereocenters. The first-order valence-electron chi connectivity index (χ1n) is 5.99. The zero-order valence-corrected chi connectivity index (χ0v) is 12.3. The van der Waals surface area contributed by atoms with Crippen molar-refractivity contribution in [2.75, 3.05) is 6.54 Å². The van der Waals surface area contributed by atoms with Gasteiger partial charge >= 0.3 is 0 Å². The molecule has 0 radical (unpaired) electrons. The molecule has 1 aliphatic heterocycles. The number of carbonyl (C=O) groups is 1. The quantitative estimate of drug-likeness (QED) is 0.809. The maximum Gasteiger partial charge on any atom is 0.265 e. The van der Waals surface area contributed by atoms with Gasteiger partial charge in [-0.25, -0.2) is 0 Å². The van der Waals surface area contributed by atoms with Crippen molar-refractivity contribution in [2.45, 2.75) is 19.9 Å². The number of thiophene rings is 1. The molecule has 3 rings (SSSR count). The number of hydrogen-bond acceptors (Lipinski definition) is 4. The second-order valence-electron chi connectivity index (χ2n) is 4.62. The Balaban J connectivity index is 1.85. The Morgan fingerprint density at radius 2 is 2.32 bits per heavy atom. The summed E-state index contributed by atoms with van der Waals surface area (Å²) < 4.78 is 1.78. The predicted octanol–water partition coefficient (Wildman–Crippen LogP) is 2.04. The van der Waals surface area contributed by atoms with Crippen LogP contribution in [0.1, 0.15) is 25.9 Å². The van der Waals surface area contributed by atoms with Crippen LogP contribution in [0.2, 0.25) is 5.02 Å². The fourth-order valence-corrected chi connectivity index (χ4v) is 3.59. The molecule has 100 valence electrons. The van der Waals surface area contributed by atoms with E-state index in [1.54, 1.807) is 9.58 Å². The largest absolute Gasteiger partial charge is 0.331 e. The smallest absolute Gasteiger partial charge is 0.265 e. The van der Waals surface area contributed by atoms with Crippen LogP contribution >= 0.6 is 22.9 Å². The van der Waals surface area contributed by atoms with E-state index in [4.69, 9.17) is 11.6 Å². The van der Waals surface area contributed by atoms with Crippen molar-refractivity contribution in [1.82, 2.24) is 19.9 Å². The van der Waals surface area contributed by atoms with E-state index in [-0.39, 0.29) is 5.91 Å². The van der Waals surface area contributed by atoms with Crippen molar-refractivity contribution in [3.05, 3.63) is 32.2 Å². The molecule has 5 nitrogen and oxygen atoms in total. The van der Waals surface area contributed by atoms with Gasteiger partial charge in [0.2, 0.25) is 0 Å². The highest BCUT2D eigenvalue weighted by Gasteiger charge is 2.27. The molecule has 2 aromatic rings. The van der Waals surface area contributed by atoms with Crippen LogP contribution in [-0.4, -0.2) is 32.3 Å². The molecule has 0 spiro atoms. The Morgan fingerprint density at radius 1 is 1.53 bits per heavy atom. The van der Waals surface area contributed by atoms with Crippen molar-refractivity contribution >= 4 is 28.8 Å². The van der Waals surface area contributed by atoms with E-state index in [1.165, 1.54) is 11.3 Å². The van der Waals surface area contributed by atoms with Crippen LogP contribution < -0.4 is 0 Å². The van der Waals surface area contributed by atoms with Crippen LogP contribution in [0.4, 0.5) is 0 Å². The highest BCUT2D eigenvalue weighted by atomic mass is 35.5. The third-order valence-corrected chi connectivity index (χ3v) is 4.72. The molecule has 0 atom stereocenters. The predicted molar refractivity (Wildman–Crippen MR) is 73.5 cm³/mol. The summed E-state index contributed by atoms with van der Waals surface area (Å²) in [4.78, 5) is 15.9. The van der Waals surface area contributed by atoms with Gasteiger partial charge in [0.15, 0.2) is 0 Å². The summed E-state index contributed by atoms with van der Waals surface area (Å²) in [7, 11) is 1.88. The van der Waals surface area contributed by atoms with Gasteiger partial charge in [-0.15, -0.1) is 16.4 Å². The highest BCUT2D eigenvalue weighted by Crippen LogP contribution is 2.29. The Morgan fingerprint density at radius 3 is 3.00 bits per heavy atom. The topological polar surface area (TPSA) is 51.0 Å². The maximum atomic E-state index is 12.4. The fraction of sp³-hybridized carbons (Fsp3) is 0.417. The lowest BCUT2D eigenvalue weighted by atomic mass is 10.1. The molecule has 0 aromatic carbocycles.